The van der Waals surface area contributed by atoms with E-state index < -0.39 is 17.8 Å². The van der Waals surface area contributed by atoms with Crippen molar-refractivity contribution in [3.63, 3.8) is 0 Å². The SMILES string of the molecule is CC(C)C(=O)Nc1ccc(C(=O)O)c(NC(=O)c2ccc(C(=O)O)cc2)c1. The summed E-state index contributed by atoms with van der Waals surface area (Å²) in [5, 5.41) is 23.3. The maximum atomic E-state index is 12.4. The highest BCUT2D eigenvalue weighted by Crippen LogP contribution is 2.23. The van der Waals surface area contributed by atoms with Crippen LogP contribution >= 0.6 is 0 Å². The zero-order chi connectivity index (χ0) is 20.1. The van der Waals surface area contributed by atoms with E-state index in [-0.39, 0.29) is 34.2 Å². The molecule has 0 heterocycles. The Labute approximate surface area is 154 Å². The fourth-order valence-corrected chi connectivity index (χ4v) is 2.16. The topological polar surface area (TPSA) is 133 Å². The van der Waals surface area contributed by atoms with E-state index in [4.69, 9.17) is 5.11 Å². The number of carbonyl (C=O) groups excluding carboxylic acids is 2. The summed E-state index contributed by atoms with van der Waals surface area (Å²) in [6.45, 7) is 3.43. The second kappa shape index (κ2) is 8.13. The number of anilines is 2. The van der Waals surface area contributed by atoms with Crippen molar-refractivity contribution >= 4 is 35.1 Å². The van der Waals surface area contributed by atoms with Crippen LogP contribution in [-0.2, 0) is 4.79 Å². The Kier molecular flexibility index (Phi) is 5.92. The van der Waals surface area contributed by atoms with Crippen molar-refractivity contribution in [1.29, 1.82) is 0 Å². The summed E-state index contributed by atoms with van der Waals surface area (Å²) in [5.74, 6) is -3.49. The van der Waals surface area contributed by atoms with E-state index in [0.717, 1.165) is 0 Å². The van der Waals surface area contributed by atoms with Crippen LogP contribution in [0.1, 0.15) is 44.9 Å². The molecule has 8 nitrogen and oxygen atoms in total. The first-order valence-electron chi connectivity index (χ1n) is 8.02. The first-order valence-corrected chi connectivity index (χ1v) is 8.02. The van der Waals surface area contributed by atoms with Crippen LogP contribution in [0.2, 0.25) is 0 Å². The number of rotatable bonds is 6. The molecule has 4 N–H and O–H groups in total. The van der Waals surface area contributed by atoms with Crippen molar-refractivity contribution in [2.24, 2.45) is 5.92 Å². The van der Waals surface area contributed by atoms with Crippen molar-refractivity contribution in [3.8, 4) is 0 Å². The monoisotopic (exact) mass is 370 g/mol. The highest BCUT2D eigenvalue weighted by Gasteiger charge is 2.16. The van der Waals surface area contributed by atoms with Gasteiger partial charge in [0.1, 0.15) is 0 Å². The van der Waals surface area contributed by atoms with Crippen molar-refractivity contribution < 1.29 is 29.4 Å². The third-order valence-corrected chi connectivity index (χ3v) is 3.68. The number of carbonyl (C=O) groups is 4. The zero-order valence-electron chi connectivity index (χ0n) is 14.6. The van der Waals surface area contributed by atoms with Gasteiger partial charge in [-0.25, -0.2) is 9.59 Å². The molecule has 8 heteroatoms. The quantitative estimate of drug-likeness (QED) is 0.618. The highest BCUT2D eigenvalue weighted by atomic mass is 16.4. The molecule has 0 aromatic heterocycles. The lowest BCUT2D eigenvalue weighted by Crippen LogP contribution is -2.19. The lowest BCUT2D eigenvalue weighted by Gasteiger charge is -2.13. The number of amides is 2. The average molecular weight is 370 g/mol. The number of nitrogens with one attached hydrogen (secondary N) is 2. The van der Waals surface area contributed by atoms with Crippen LogP contribution in [0.15, 0.2) is 42.5 Å². The van der Waals surface area contributed by atoms with E-state index >= 15 is 0 Å². The van der Waals surface area contributed by atoms with E-state index in [1.165, 1.54) is 42.5 Å². The van der Waals surface area contributed by atoms with E-state index in [0.29, 0.717) is 5.69 Å². The molecule has 2 rings (SSSR count). The van der Waals surface area contributed by atoms with Crippen molar-refractivity contribution in [3.05, 3.63) is 59.2 Å². The minimum atomic E-state index is -1.24. The Morgan fingerprint density at radius 2 is 1.41 bits per heavy atom. The second-order valence-corrected chi connectivity index (χ2v) is 6.05. The van der Waals surface area contributed by atoms with E-state index in [9.17, 15) is 24.3 Å². The number of hydrogen-bond acceptors (Lipinski definition) is 4. The van der Waals surface area contributed by atoms with E-state index in [1.807, 2.05) is 0 Å². The third kappa shape index (κ3) is 4.91. The Balaban J connectivity index is 2.29. The number of aromatic carboxylic acids is 2. The molecule has 0 aliphatic rings. The molecule has 0 radical (unpaired) electrons. The van der Waals surface area contributed by atoms with Gasteiger partial charge in [-0.1, -0.05) is 13.8 Å². The first kappa shape index (κ1) is 19.6. The predicted octanol–water partition coefficient (Wildman–Crippen LogP) is 2.93. The van der Waals surface area contributed by atoms with E-state index in [2.05, 4.69) is 10.6 Å². The Hall–Kier alpha value is -3.68. The van der Waals surface area contributed by atoms with Crippen LogP contribution in [-0.4, -0.2) is 34.0 Å². The number of benzene rings is 2. The van der Waals surface area contributed by atoms with Crippen LogP contribution in [0.4, 0.5) is 11.4 Å². The Morgan fingerprint density at radius 1 is 0.815 bits per heavy atom. The van der Waals surface area contributed by atoms with Gasteiger partial charge in [-0.3, -0.25) is 9.59 Å². The molecule has 2 aromatic carbocycles. The second-order valence-electron chi connectivity index (χ2n) is 6.05. The van der Waals surface area contributed by atoms with Gasteiger partial charge in [0.25, 0.3) is 5.91 Å². The van der Waals surface area contributed by atoms with Crippen molar-refractivity contribution in [2.75, 3.05) is 10.6 Å². The molecular weight excluding hydrogens is 352 g/mol. The van der Waals surface area contributed by atoms with Crippen LogP contribution in [0.25, 0.3) is 0 Å². The molecule has 0 bridgehead atoms. The van der Waals surface area contributed by atoms with Gasteiger partial charge in [0.15, 0.2) is 0 Å². The minimum absolute atomic E-state index is 0.0105. The molecule has 2 amide bonds. The van der Waals surface area contributed by atoms with Gasteiger partial charge in [-0.15, -0.1) is 0 Å². The van der Waals surface area contributed by atoms with Crippen molar-refractivity contribution in [2.45, 2.75) is 13.8 Å². The fourth-order valence-electron chi connectivity index (χ4n) is 2.16. The molecule has 0 aliphatic heterocycles. The van der Waals surface area contributed by atoms with Crippen LogP contribution in [0.3, 0.4) is 0 Å². The molecule has 0 aliphatic carbocycles. The van der Waals surface area contributed by atoms with Gasteiger partial charge in [0.05, 0.1) is 16.8 Å². The molecule has 0 fully saturated rings. The number of carboxylic acids is 2. The molecule has 0 spiro atoms. The fraction of sp³-hybridized carbons (Fsp3) is 0.158. The lowest BCUT2D eigenvalue weighted by molar-refractivity contribution is -0.118. The molecular formula is C19H18N2O6. The Morgan fingerprint density at radius 3 is 1.93 bits per heavy atom. The van der Waals surface area contributed by atoms with Gasteiger partial charge in [0, 0.05) is 17.2 Å². The largest absolute Gasteiger partial charge is 0.478 e. The summed E-state index contributed by atoms with van der Waals surface area (Å²) < 4.78 is 0. The molecule has 140 valence electrons. The maximum Gasteiger partial charge on any atom is 0.337 e. The smallest absolute Gasteiger partial charge is 0.337 e. The summed E-state index contributed by atoms with van der Waals surface area (Å²) in [6.07, 6.45) is 0. The van der Waals surface area contributed by atoms with Crippen LogP contribution < -0.4 is 10.6 Å². The first-order chi connectivity index (χ1) is 12.7. The number of hydrogen-bond donors (Lipinski definition) is 4. The van der Waals surface area contributed by atoms with Gasteiger partial charge in [-0.2, -0.15) is 0 Å². The zero-order valence-corrected chi connectivity index (χ0v) is 14.6. The average Bonchev–Trinajstić information content (AvgIpc) is 2.61. The normalized spacial score (nSPS) is 10.3. The molecule has 2 aromatic rings. The Bertz CT molecular complexity index is 903. The lowest BCUT2D eigenvalue weighted by atomic mass is 10.1. The molecule has 0 unspecified atom stereocenters. The molecule has 0 saturated heterocycles. The summed E-state index contributed by atoms with van der Waals surface area (Å²) in [7, 11) is 0. The summed E-state index contributed by atoms with van der Waals surface area (Å²) in [6, 6.07) is 9.26. The third-order valence-electron chi connectivity index (χ3n) is 3.68. The standard InChI is InChI=1S/C19H18N2O6/c1-10(2)16(22)20-13-7-8-14(19(26)27)15(9-13)21-17(23)11-3-5-12(6-4-11)18(24)25/h3-10H,1-2H3,(H,20,22)(H,21,23)(H,24,25)(H,26,27). The summed E-state index contributed by atoms with van der Waals surface area (Å²) in [4.78, 5) is 46.4. The van der Waals surface area contributed by atoms with Gasteiger partial charge in [0.2, 0.25) is 5.91 Å². The van der Waals surface area contributed by atoms with E-state index in [1.54, 1.807) is 13.8 Å². The van der Waals surface area contributed by atoms with Crippen molar-refractivity contribution in [1.82, 2.24) is 0 Å². The van der Waals surface area contributed by atoms with Gasteiger partial charge >= 0.3 is 11.9 Å². The number of carboxylic acid groups (broad SMARTS) is 2. The van der Waals surface area contributed by atoms with Gasteiger partial charge < -0.3 is 20.8 Å². The summed E-state index contributed by atoms with van der Waals surface area (Å²) >= 11 is 0. The van der Waals surface area contributed by atoms with Crippen LogP contribution in [0.5, 0.6) is 0 Å². The minimum Gasteiger partial charge on any atom is -0.478 e. The van der Waals surface area contributed by atoms with Crippen LogP contribution in [0, 0.1) is 5.92 Å². The summed E-state index contributed by atoms with van der Waals surface area (Å²) in [5.41, 5.74) is 0.392. The predicted molar refractivity (Wildman–Crippen MR) is 98.2 cm³/mol. The molecule has 27 heavy (non-hydrogen) atoms. The highest BCUT2D eigenvalue weighted by molar-refractivity contribution is 6.08. The maximum absolute atomic E-state index is 12.4. The molecule has 0 saturated carbocycles. The van der Waals surface area contributed by atoms with Gasteiger partial charge in [-0.05, 0) is 42.5 Å². The molecule has 0 atom stereocenters.